The molecule has 2 aromatic rings. The maximum Gasteiger partial charge on any atom is 0.318 e. The highest BCUT2D eigenvalue weighted by atomic mass is 16.5. The molecule has 1 aromatic carbocycles. The fourth-order valence-corrected chi connectivity index (χ4v) is 2.28. The predicted molar refractivity (Wildman–Crippen MR) is 79.5 cm³/mol. The number of nitrogens with zero attached hydrogens (tertiary/aromatic N) is 2. The molecule has 0 bridgehead atoms. The van der Waals surface area contributed by atoms with Gasteiger partial charge >= 0.3 is 5.97 Å². The number of carbonyl (C=O) groups excluding carboxylic acids is 1. The van der Waals surface area contributed by atoms with Crippen LogP contribution in [-0.4, -0.2) is 29.1 Å². The first-order valence-corrected chi connectivity index (χ1v) is 6.91. The van der Waals surface area contributed by atoms with Crippen molar-refractivity contribution in [3.63, 3.8) is 0 Å². The van der Waals surface area contributed by atoms with Gasteiger partial charge in [-0.2, -0.15) is 0 Å². The standard InChI is InChI=1S/C16H19N3O2/c1-2-21-15(20)16(12-17,13-7-4-3-5-8-13)11-14-18-9-6-10-19-14/h3-10H,2,11-12,17H2,1H3. The Labute approximate surface area is 124 Å². The summed E-state index contributed by atoms with van der Waals surface area (Å²) in [6.07, 6.45) is 3.62. The highest BCUT2D eigenvalue weighted by Gasteiger charge is 2.41. The maximum absolute atomic E-state index is 12.5. The van der Waals surface area contributed by atoms with Gasteiger partial charge in [0.1, 0.15) is 11.2 Å². The lowest BCUT2D eigenvalue weighted by Gasteiger charge is -2.30. The predicted octanol–water partition coefficient (Wildman–Crippen LogP) is 1.48. The molecule has 110 valence electrons. The van der Waals surface area contributed by atoms with E-state index < -0.39 is 5.41 Å². The molecule has 1 atom stereocenters. The van der Waals surface area contributed by atoms with Crippen molar-refractivity contribution < 1.29 is 9.53 Å². The molecule has 0 aliphatic rings. The molecule has 0 fully saturated rings. The average Bonchev–Trinajstić information content (AvgIpc) is 2.54. The second-order valence-electron chi connectivity index (χ2n) is 4.71. The van der Waals surface area contributed by atoms with Gasteiger partial charge < -0.3 is 10.5 Å². The van der Waals surface area contributed by atoms with E-state index in [0.29, 0.717) is 18.9 Å². The molecule has 21 heavy (non-hydrogen) atoms. The zero-order valence-corrected chi connectivity index (χ0v) is 12.0. The highest BCUT2D eigenvalue weighted by molar-refractivity contribution is 5.84. The largest absolute Gasteiger partial charge is 0.465 e. The minimum absolute atomic E-state index is 0.133. The van der Waals surface area contributed by atoms with Crippen LogP contribution in [0, 0.1) is 0 Å². The van der Waals surface area contributed by atoms with Crippen LogP contribution in [0.1, 0.15) is 18.3 Å². The van der Waals surface area contributed by atoms with Crippen LogP contribution >= 0.6 is 0 Å². The fraction of sp³-hybridized carbons (Fsp3) is 0.312. The molecule has 5 nitrogen and oxygen atoms in total. The molecular weight excluding hydrogens is 266 g/mol. The topological polar surface area (TPSA) is 78.1 Å². The first-order chi connectivity index (χ1) is 10.2. The van der Waals surface area contributed by atoms with Gasteiger partial charge in [-0.25, -0.2) is 9.97 Å². The summed E-state index contributed by atoms with van der Waals surface area (Å²) in [5.41, 5.74) is 5.82. The van der Waals surface area contributed by atoms with Crippen molar-refractivity contribution in [1.82, 2.24) is 9.97 Å². The van der Waals surface area contributed by atoms with Crippen LogP contribution in [-0.2, 0) is 21.4 Å². The van der Waals surface area contributed by atoms with E-state index in [1.54, 1.807) is 25.4 Å². The molecular formula is C16H19N3O2. The number of rotatable bonds is 6. The van der Waals surface area contributed by atoms with Crippen LogP contribution in [0.25, 0.3) is 0 Å². The summed E-state index contributed by atoms with van der Waals surface area (Å²) in [6.45, 7) is 2.22. The van der Waals surface area contributed by atoms with Crippen molar-refractivity contribution in [3.05, 3.63) is 60.2 Å². The third-order valence-electron chi connectivity index (χ3n) is 3.42. The molecule has 1 aromatic heterocycles. The lowest BCUT2D eigenvalue weighted by atomic mass is 9.77. The Morgan fingerprint density at radius 2 is 1.86 bits per heavy atom. The Morgan fingerprint density at radius 1 is 1.19 bits per heavy atom. The quantitative estimate of drug-likeness (QED) is 0.813. The minimum atomic E-state index is -0.960. The van der Waals surface area contributed by atoms with E-state index in [4.69, 9.17) is 10.5 Å². The number of hydrogen-bond donors (Lipinski definition) is 1. The Bertz CT molecular complexity index is 575. The Hall–Kier alpha value is -2.27. The molecule has 2 N–H and O–H groups in total. The Morgan fingerprint density at radius 3 is 2.43 bits per heavy atom. The van der Waals surface area contributed by atoms with Crippen LogP contribution in [0.3, 0.4) is 0 Å². The number of aromatic nitrogens is 2. The minimum Gasteiger partial charge on any atom is -0.465 e. The monoisotopic (exact) mass is 285 g/mol. The Balaban J connectivity index is 2.44. The lowest BCUT2D eigenvalue weighted by Crippen LogP contribution is -2.46. The normalized spacial score (nSPS) is 13.4. The summed E-state index contributed by atoms with van der Waals surface area (Å²) >= 11 is 0. The summed E-state index contributed by atoms with van der Waals surface area (Å²) in [4.78, 5) is 21.0. The number of benzene rings is 1. The fourth-order valence-electron chi connectivity index (χ4n) is 2.28. The van der Waals surface area contributed by atoms with Gasteiger partial charge in [0, 0.05) is 25.4 Å². The Kier molecular flexibility index (Phi) is 5.00. The van der Waals surface area contributed by atoms with Crippen molar-refractivity contribution in [3.8, 4) is 0 Å². The molecule has 5 heteroatoms. The van der Waals surface area contributed by atoms with Crippen LogP contribution in [0.15, 0.2) is 48.8 Å². The van der Waals surface area contributed by atoms with E-state index in [0.717, 1.165) is 5.56 Å². The van der Waals surface area contributed by atoms with E-state index in [2.05, 4.69) is 9.97 Å². The van der Waals surface area contributed by atoms with Gasteiger partial charge in [0.25, 0.3) is 0 Å². The van der Waals surface area contributed by atoms with Gasteiger partial charge in [0.05, 0.1) is 6.61 Å². The zero-order chi connectivity index (χ0) is 15.1. The van der Waals surface area contributed by atoms with E-state index in [1.807, 2.05) is 30.3 Å². The third-order valence-corrected chi connectivity index (χ3v) is 3.42. The molecule has 1 unspecified atom stereocenters. The first-order valence-electron chi connectivity index (χ1n) is 6.91. The van der Waals surface area contributed by atoms with Crippen molar-refractivity contribution in [2.75, 3.05) is 13.2 Å². The van der Waals surface area contributed by atoms with Crippen LogP contribution in [0.4, 0.5) is 0 Å². The molecule has 0 aliphatic heterocycles. The van der Waals surface area contributed by atoms with Crippen molar-refractivity contribution >= 4 is 5.97 Å². The second kappa shape index (κ2) is 6.95. The van der Waals surface area contributed by atoms with Crippen LogP contribution in [0.2, 0.25) is 0 Å². The van der Waals surface area contributed by atoms with Crippen LogP contribution in [0.5, 0.6) is 0 Å². The molecule has 0 aliphatic carbocycles. The van der Waals surface area contributed by atoms with E-state index in [1.165, 1.54) is 0 Å². The third kappa shape index (κ3) is 3.25. The zero-order valence-electron chi connectivity index (χ0n) is 12.0. The molecule has 0 amide bonds. The van der Waals surface area contributed by atoms with E-state index >= 15 is 0 Å². The van der Waals surface area contributed by atoms with Gasteiger partial charge in [-0.3, -0.25) is 4.79 Å². The summed E-state index contributed by atoms with van der Waals surface area (Å²) < 4.78 is 5.25. The molecule has 0 radical (unpaired) electrons. The summed E-state index contributed by atoms with van der Waals surface area (Å²) in [6, 6.07) is 11.2. The summed E-state index contributed by atoms with van der Waals surface area (Å²) in [5.74, 6) is 0.228. The number of nitrogens with two attached hydrogens (primary N) is 1. The number of carbonyl (C=O) groups is 1. The van der Waals surface area contributed by atoms with E-state index in [9.17, 15) is 4.79 Å². The van der Waals surface area contributed by atoms with Gasteiger partial charge in [-0.15, -0.1) is 0 Å². The van der Waals surface area contributed by atoms with Gasteiger partial charge in [0.2, 0.25) is 0 Å². The smallest absolute Gasteiger partial charge is 0.318 e. The maximum atomic E-state index is 12.5. The lowest BCUT2D eigenvalue weighted by molar-refractivity contribution is -0.149. The second-order valence-corrected chi connectivity index (χ2v) is 4.71. The average molecular weight is 285 g/mol. The molecule has 0 saturated heterocycles. The summed E-state index contributed by atoms with van der Waals surface area (Å²) in [5, 5.41) is 0. The van der Waals surface area contributed by atoms with E-state index in [-0.39, 0.29) is 12.5 Å². The first kappa shape index (κ1) is 15.1. The SMILES string of the molecule is CCOC(=O)C(CN)(Cc1ncccn1)c1ccccc1. The van der Waals surface area contributed by atoms with Crippen molar-refractivity contribution in [1.29, 1.82) is 0 Å². The number of hydrogen-bond acceptors (Lipinski definition) is 5. The van der Waals surface area contributed by atoms with Gasteiger partial charge in [-0.1, -0.05) is 30.3 Å². The molecule has 1 heterocycles. The van der Waals surface area contributed by atoms with Gasteiger partial charge in [0.15, 0.2) is 0 Å². The molecule has 2 rings (SSSR count). The number of ether oxygens (including phenoxy) is 1. The van der Waals surface area contributed by atoms with Gasteiger partial charge in [-0.05, 0) is 18.6 Å². The van der Waals surface area contributed by atoms with Crippen LogP contribution < -0.4 is 5.73 Å². The van der Waals surface area contributed by atoms with Crippen molar-refractivity contribution in [2.45, 2.75) is 18.8 Å². The molecule has 0 spiro atoms. The number of esters is 1. The van der Waals surface area contributed by atoms with Crippen molar-refractivity contribution in [2.24, 2.45) is 5.73 Å². The molecule has 0 saturated carbocycles. The highest BCUT2D eigenvalue weighted by Crippen LogP contribution is 2.28. The summed E-state index contributed by atoms with van der Waals surface area (Å²) in [7, 11) is 0.